The van der Waals surface area contributed by atoms with Crippen LogP contribution in [-0.4, -0.2) is 53.7 Å². The van der Waals surface area contributed by atoms with Crippen molar-refractivity contribution in [2.45, 2.75) is 90.1 Å². The number of hydrogen-bond acceptors (Lipinski definition) is 7. The van der Waals surface area contributed by atoms with E-state index < -0.39 is 42.1 Å². The van der Waals surface area contributed by atoms with Crippen molar-refractivity contribution in [1.82, 2.24) is 0 Å². The number of unbranched alkanes of at least 4 members (excludes halogenated alkanes) is 9. The number of hydrogen-bond donors (Lipinski definition) is 3. The van der Waals surface area contributed by atoms with Gasteiger partial charge in [-0.15, -0.1) is 0 Å². The van der Waals surface area contributed by atoms with Gasteiger partial charge in [0.25, 0.3) is 0 Å². The predicted octanol–water partition coefficient (Wildman–Crippen LogP) is 7.24. The zero-order valence-electron chi connectivity index (χ0n) is 26.3. The van der Waals surface area contributed by atoms with E-state index in [2.05, 4.69) is 0 Å². The summed E-state index contributed by atoms with van der Waals surface area (Å²) >= 11 is 0. The first-order chi connectivity index (χ1) is 21.3. The van der Waals surface area contributed by atoms with Crippen LogP contribution in [0.2, 0.25) is 0 Å². The molecule has 0 radical (unpaired) electrons. The lowest BCUT2D eigenvalue weighted by molar-refractivity contribution is -0.160. The Labute approximate surface area is 261 Å². The molecule has 0 saturated heterocycles. The molecular weight excluding hydrogens is 560 g/mol. The molecule has 1 heterocycles. The van der Waals surface area contributed by atoms with E-state index in [0.717, 1.165) is 67.9 Å². The van der Waals surface area contributed by atoms with Gasteiger partial charge in [-0.25, -0.2) is 0 Å². The summed E-state index contributed by atoms with van der Waals surface area (Å²) < 4.78 is 18.2. The summed E-state index contributed by atoms with van der Waals surface area (Å²) in [4.78, 5) is 23.9. The summed E-state index contributed by atoms with van der Waals surface area (Å²) in [6.45, 7) is 3.15. The maximum Gasteiger partial charge on any atom is 0.316 e. The molecule has 2 atom stereocenters. The van der Waals surface area contributed by atoms with Crippen LogP contribution in [0.25, 0.3) is 11.0 Å². The number of fused-ring (bicyclic) bond motifs is 1. The number of aliphatic carboxylic acids is 1. The topological polar surface area (TPSA) is 126 Å². The van der Waals surface area contributed by atoms with E-state index in [0.29, 0.717) is 19.0 Å². The fourth-order valence-electron chi connectivity index (χ4n) is 5.36. The number of ether oxygens (including phenoxy) is 2. The third kappa shape index (κ3) is 9.91. The van der Waals surface area contributed by atoms with E-state index in [9.17, 15) is 24.9 Å². The van der Waals surface area contributed by atoms with Crippen LogP contribution in [0.1, 0.15) is 95.8 Å². The maximum atomic E-state index is 12.0. The molecule has 2 aromatic carbocycles. The molecule has 1 aromatic heterocycles. The number of benzene rings is 2. The van der Waals surface area contributed by atoms with Crippen LogP contribution < -0.4 is 0 Å². The zero-order chi connectivity index (χ0) is 31.8. The molecule has 2 unspecified atom stereocenters. The summed E-state index contributed by atoms with van der Waals surface area (Å²) in [5, 5.41) is 29.3. The minimum atomic E-state index is -1.23. The molecule has 0 spiro atoms. The van der Waals surface area contributed by atoms with Gasteiger partial charge in [0.2, 0.25) is 0 Å². The van der Waals surface area contributed by atoms with E-state index in [-0.39, 0.29) is 6.42 Å². The summed E-state index contributed by atoms with van der Waals surface area (Å²) in [7, 11) is 0. The van der Waals surface area contributed by atoms with E-state index in [1.165, 1.54) is 19.8 Å². The zero-order valence-corrected chi connectivity index (χ0v) is 26.3. The number of esters is 1. The normalized spacial score (nSPS) is 13.9. The van der Waals surface area contributed by atoms with Crippen LogP contribution in [-0.2, 0) is 24.7 Å². The molecule has 0 saturated carbocycles. The van der Waals surface area contributed by atoms with Crippen molar-refractivity contribution in [3.63, 3.8) is 0 Å². The second-order valence-electron chi connectivity index (χ2n) is 12.2. The second-order valence-corrected chi connectivity index (χ2v) is 12.2. The van der Waals surface area contributed by atoms with Crippen molar-refractivity contribution < 1.29 is 38.8 Å². The Morgan fingerprint density at radius 3 is 1.91 bits per heavy atom. The lowest BCUT2D eigenvalue weighted by atomic mass is 9.82. The lowest BCUT2D eigenvalue weighted by Crippen LogP contribution is -2.37. The standard InChI is InChI=1S/C36H50O8/c1-28(33(39)40)25-36(30-19-12-11-13-20-30,32-24-29-18-14-15-21-31(29)44-32)43-23-17-10-8-6-4-3-5-7-9-16-22-42-34(41)35(2,26-37)27-38/h11-15,18-21,24,28,37-38H,3-10,16-17,22-23,25-27H2,1-2H3,(H,39,40). The Morgan fingerprint density at radius 1 is 0.795 bits per heavy atom. The monoisotopic (exact) mass is 610 g/mol. The van der Waals surface area contributed by atoms with Gasteiger partial charge < -0.3 is 29.2 Å². The SMILES string of the molecule is CC(CC(OCCCCCCCCCCCCOC(=O)C(C)(CO)CO)(c1ccccc1)c1cc2ccccc2o1)C(=O)O. The fourth-order valence-corrected chi connectivity index (χ4v) is 5.36. The Morgan fingerprint density at radius 2 is 1.34 bits per heavy atom. The highest BCUT2D eigenvalue weighted by atomic mass is 16.5. The number of furan rings is 1. The molecule has 44 heavy (non-hydrogen) atoms. The van der Waals surface area contributed by atoms with Gasteiger partial charge >= 0.3 is 11.9 Å². The number of aliphatic hydroxyl groups is 2. The van der Waals surface area contributed by atoms with E-state index in [1.54, 1.807) is 6.92 Å². The summed E-state index contributed by atoms with van der Waals surface area (Å²) in [5.41, 5.74) is -0.598. The van der Waals surface area contributed by atoms with E-state index in [1.807, 2.05) is 60.7 Å². The Hall–Kier alpha value is -3.20. The average molecular weight is 611 g/mol. The Bertz CT molecular complexity index is 1230. The largest absolute Gasteiger partial charge is 0.481 e. The van der Waals surface area contributed by atoms with Crippen LogP contribution in [0.5, 0.6) is 0 Å². The number of aliphatic hydroxyl groups excluding tert-OH is 2. The summed E-state index contributed by atoms with van der Waals surface area (Å²) in [6.07, 6.45) is 10.8. The number of carboxylic acid groups (broad SMARTS) is 1. The molecule has 3 rings (SSSR count). The molecule has 0 aliphatic rings. The van der Waals surface area contributed by atoms with Crippen molar-refractivity contribution in [2.24, 2.45) is 11.3 Å². The van der Waals surface area contributed by atoms with Gasteiger partial charge in [0.15, 0.2) is 5.60 Å². The van der Waals surface area contributed by atoms with Crippen LogP contribution in [0.3, 0.4) is 0 Å². The summed E-state index contributed by atoms with van der Waals surface area (Å²) in [6, 6.07) is 19.6. The minimum absolute atomic E-state index is 0.263. The molecular formula is C36H50O8. The molecule has 3 N–H and O–H groups in total. The predicted molar refractivity (Wildman–Crippen MR) is 170 cm³/mol. The molecule has 0 aliphatic heterocycles. The van der Waals surface area contributed by atoms with Crippen molar-refractivity contribution in [2.75, 3.05) is 26.4 Å². The van der Waals surface area contributed by atoms with Gasteiger partial charge in [-0.2, -0.15) is 0 Å². The number of carbonyl (C=O) groups excluding carboxylic acids is 1. The number of carboxylic acids is 1. The van der Waals surface area contributed by atoms with Gasteiger partial charge in [0, 0.05) is 18.4 Å². The van der Waals surface area contributed by atoms with Crippen LogP contribution >= 0.6 is 0 Å². The first-order valence-electron chi connectivity index (χ1n) is 16.1. The van der Waals surface area contributed by atoms with Crippen molar-refractivity contribution in [3.8, 4) is 0 Å². The average Bonchev–Trinajstić information content (AvgIpc) is 3.49. The highest BCUT2D eigenvalue weighted by molar-refractivity contribution is 5.78. The quantitative estimate of drug-likeness (QED) is 0.0803. The first kappa shape index (κ1) is 35.3. The maximum absolute atomic E-state index is 12.0. The Balaban J connectivity index is 1.42. The fraction of sp³-hybridized carbons (Fsp3) is 0.556. The van der Waals surface area contributed by atoms with Gasteiger partial charge in [-0.1, -0.05) is 107 Å². The van der Waals surface area contributed by atoms with Crippen molar-refractivity contribution in [3.05, 3.63) is 72.0 Å². The van der Waals surface area contributed by atoms with Crippen LogP contribution in [0.4, 0.5) is 0 Å². The third-order valence-corrected chi connectivity index (χ3v) is 8.39. The van der Waals surface area contributed by atoms with Gasteiger partial charge in [-0.3, -0.25) is 9.59 Å². The number of para-hydroxylation sites is 1. The van der Waals surface area contributed by atoms with Gasteiger partial charge in [0.1, 0.15) is 16.8 Å². The number of rotatable bonds is 22. The molecule has 242 valence electrons. The van der Waals surface area contributed by atoms with Crippen LogP contribution in [0, 0.1) is 11.3 Å². The molecule has 8 heteroatoms. The lowest BCUT2D eigenvalue weighted by Gasteiger charge is -2.34. The smallest absolute Gasteiger partial charge is 0.316 e. The minimum Gasteiger partial charge on any atom is -0.481 e. The molecule has 0 fully saturated rings. The van der Waals surface area contributed by atoms with Gasteiger partial charge in [-0.05, 0) is 37.5 Å². The number of carbonyl (C=O) groups is 2. The van der Waals surface area contributed by atoms with Crippen molar-refractivity contribution >= 4 is 22.9 Å². The molecule has 0 aliphatic carbocycles. The summed E-state index contributed by atoms with van der Waals surface area (Å²) in [5.74, 6) is -1.42. The van der Waals surface area contributed by atoms with E-state index in [4.69, 9.17) is 13.9 Å². The highest BCUT2D eigenvalue weighted by Crippen LogP contribution is 2.42. The molecule has 0 amide bonds. The molecule has 3 aromatic rings. The van der Waals surface area contributed by atoms with Crippen molar-refractivity contribution in [1.29, 1.82) is 0 Å². The van der Waals surface area contributed by atoms with Gasteiger partial charge in [0.05, 0.1) is 25.7 Å². The van der Waals surface area contributed by atoms with Crippen LogP contribution in [0.15, 0.2) is 65.1 Å². The van der Waals surface area contributed by atoms with E-state index >= 15 is 0 Å². The third-order valence-electron chi connectivity index (χ3n) is 8.39. The first-order valence-corrected chi connectivity index (χ1v) is 16.1. The second kappa shape index (κ2) is 17.9. The highest BCUT2D eigenvalue weighted by Gasteiger charge is 2.41. The Kier molecular flexibility index (Phi) is 14.4. The molecule has 0 bridgehead atoms. The molecule has 8 nitrogen and oxygen atoms in total.